The number of likely N-dealkylation sites (N-methyl/N-ethyl adjacent to an activating group) is 1. The van der Waals surface area contributed by atoms with Crippen LogP contribution in [0, 0.1) is 11.8 Å². The minimum absolute atomic E-state index is 0.111. The molecule has 2 aromatic rings. The summed E-state index contributed by atoms with van der Waals surface area (Å²) in [4.78, 5) is 83.8. The first kappa shape index (κ1) is 39.9. The normalized spacial score (nSPS) is 31.9. The van der Waals surface area contributed by atoms with Gasteiger partial charge in [-0.15, -0.1) is 11.8 Å². The van der Waals surface area contributed by atoms with Crippen molar-refractivity contribution in [2.24, 2.45) is 11.8 Å². The summed E-state index contributed by atoms with van der Waals surface area (Å²) in [6.07, 6.45) is -0.304. The lowest BCUT2D eigenvalue weighted by molar-refractivity contribution is -0.161. The molecule has 1 saturated carbocycles. The third kappa shape index (κ3) is 5.83. The Balaban J connectivity index is 1.15. The zero-order valence-corrected chi connectivity index (χ0v) is 32.3. The number of phenols is 1. The van der Waals surface area contributed by atoms with Crippen LogP contribution in [0.5, 0.6) is 5.75 Å². The molecule has 57 heavy (non-hydrogen) atoms. The minimum Gasteiger partial charge on any atom is -0.508 e. The number of thioether (sulfide) groups is 1. The van der Waals surface area contributed by atoms with E-state index in [1.807, 2.05) is 0 Å². The Kier molecular flexibility index (Phi) is 9.59. The lowest BCUT2D eigenvalue weighted by Crippen LogP contribution is -2.71. The number of ketones is 2. The second-order valence-corrected chi connectivity index (χ2v) is 17.7. The zero-order chi connectivity index (χ0) is 41.7. The third-order valence-corrected chi connectivity index (χ3v) is 13.5. The SMILES string of the molecule is CN(C)[C@@H]1C(=O)C(C(=O)NCN[C@@H](C(=O)N[C@@H]2C(=O)N3[C@@H]2SC(C)(C)[C@@H]3C(=O)O)c2ccccc2)=C(O)[C@@]2(O)C(=O)C3=C(O)c4c(O)cccc4[C@@](C)(O)[C@H]3C[C@@H]12. The Bertz CT molecular complexity index is 2190. The summed E-state index contributed by atoms with van der Waals surface area (Å²) in [7, 11) is 2.95. The quantitative estimate of drug-likeness (QED) is 0.0930. The average molecular weight is 806 g/mol. The van der Waals surface area contributed by atoms with Crippen LogP contribution in [0.3, 0.4) is 0 Å². The van der Waals surface area contributed by atoms with E-state index in [4.69, 9.17) is 0 Å². The summed E-state index contributed by atoms with van der Waals surface area (Å²) in [5.74, 6) is -10.9. The molecule has 0 aromatic heterocycles. The number of benzene rings is 2. The number of aliphatic hydroxyl groups excluding tert-OH is 2. The van der Waals surface area contributed by atoms with Crippen molar-refractivity contribution in [1.82, 2.24) is 25.8 Å². The van der Waals surface area contributed by atoms with Crippen molar-refractivity contribution < 1.29 is 59.4 Å². The van der Waals surface area contributed by atoms with Gasteiger partial charge >= 0.3 is 5.97 Å². The summed E-state index contributed by atoms with van der Waals surface area (Å²) in [5.41, 5.74) is -5.95. The number of carboxylic acid groups (broad SMARTS) is 1. The summed E-state index contributed by atoms with van der Waals surface area (Å²) >= 11 is 1.25. The van der Waals surface area contributed by atoms with Crippen LogP contribution in [0.15, 0.2) is 65.4 Å². The third-order valence-electron chi connectivity index (χ3n) is 11.9. The van der Waals surface area contributed by atoms with E-state index < -0.39 is 128 Å². The van der Waals surface area contributed by atoms with Gasteiger partial charge in [0, 0.05) is 22.2 Å². The molecule has 3 amide bonds. The maximum absolute atomic E-state index is 14.4. The van der Waals surface area contributed by atoms with E-state index in [9.17, 15) is 59.4 Å². The van der Waals surface area contributed by atoms with Crippen molar-refractivity contribution in [3.8, 4) is 5.75 Å². The first-order chi connectivity index (χ1) is 26.7. The first-order valence-corrected chi connectivity index (χ1v) is 19.0. The summed E-state index contributed by atoms with van der Waals surface area (Å²) in [6, 6.07) is 7.73. The Hall–Kier alpha value is -5.27. The Morgan fingerprint density at radius 3 is 2.28 bits per heavy atom. The molecule has 0 bridgehead atoms. The number of fused-ring (bicyclic) bond motifs is 4. The van der Waals surface area contributed by atoms with Gasteiger partial charge in [0.05, 0.1) is 23.9 Å². The predicted molar refractivity (Wildman–Crippen MR) is 202 cm³/mol. The topological polar surface area (TPSA) is 266 Å². The van der Waals surface area contributed by atoms with Gasteiger partial charge in [0.2, 0.25) is 17.6 Å². The highest BCUT2D eigenvalue weighted by Gasteiger charge is 2.67. The average Bonchev–Trinajstić information content (AvgIpc) is 3.40. The highest BCUT2D eigenvalue weighted by molar-refractivity contribution is 8.01. The monoisotopic (exact) mass is 805 g/mol. The van der Waals surface area contributed by atoms with Crippen LogP contribution in [0.1, 0.15) is 49.9 Å². The van der Waals surface area contributed by atoms with Crippen molar-refractivity contribution in [2.75, 3.05) is 20.8 Å². The van der Waals surface area contributed by atoms with Gasteiger partial charge in [-0.3, -0.25) is 34.2 Å². The van der Waals surface area contributed by atoms with Gasteiger partial charge in [0.15, 0.2) is 11.4 Å². The molecule has 2 aliphatic heterocycles. The highest BCUT2D eigenvalue weighted by atomic mass is 32.2. The number of aliphatic carboxylic acids is 1. The molecule has 3 aliphatic carbocycles. The molecule has 302 valence electrons. The molecule has 2 saturated heterocycles. The van der Waals surface area contributed by atoms with E-state index in [0.717, 1.165) is 0 Å². The number of amides is 3. The van der Waals surface area contributed by atoms with Crippen LogP contribution < -0.4 is 16.0 Å². The van der Waals surface area contributed by atoms with E-state index in [1.54, 1.807) is 44.2 Å². The molecule has 2 heterocycles. The fourth-order valence-corrected chi connectivity index (χ4v) is 10.8. The Labute approximate surface area is 330 Å². The van der Waals surface area contributed by atoms with E-state index in [-0.39, 0.29) is 17.5 Å². The second-order valence-electron chi connectivity index (χ2n) is 15.9. The number of carboxylic acids is 1. The molecule has 18 heteroatoms. The van der Waals surface area contributed by atoms with Crippen molar-refractivity contribution in [3.63, 3.8) is 0 Å². The van der Waals surface area contributed by atoms with Crippen LogP contribution >= 0.6 is 11.8 Å². The number of aromatic hydroxyl groups is 1. The zero-order valence-electron chi connectivity index (χ0n) is 31.5. The summed E-state index contributed by atoms with van der Waals surface area (Å²) in [6.45, 7) is 4.27. The maximum Gasteiger partial charge on any atom is 0.327 e. The fraction of sp³-hybridized carbons (Fsp3) is 0.436. The Morgan fingerprint density at radius 1 is 0.982 bits per heavy atom. The van der Waals surface area contributed by atoms with Crippen molar-refractivity contribution in [3.05, 3.63) is 82.1 Å². The molecule has 9 N–H and O–H groups in total. The summed E-state index contributed by atoms with van der Waals surface area (Å²) in [5, 5.41) is 74.7. The van der Waals surface area contributed by atoms with Gasteiger partial charge in [-0.25, -0.2) is 4.79 Å². The van der Waals surface area contributed by atoms with Crippen LogP contribution in [-0.2, 0) is 34.4 Å². The lowest BCUT2D eigenvalue weighted by Gasteiger charge is -2.53. The Morgan fingerprint density at radius 2 is 1.65 bits per heavy atom. The molecule has 5 aliphatic rings. The number of Topliss-reactive ketones (excluding diaryl/α,β-unsaturated/α-hetero) is 2. The first-order valence-electron chi connectivity index (χ1n) is 18.2. The smallest absolute Gasteiger partial charge is 0.327 e. The fourth-order valence-electron chi connectivity index (χ4n) is 9.19. The highest BCUT2D eigenvalue weighted by Crippen LogP contribution is 2.57. The molecule has 0 spiro atoms. The number of carbonyl (C=O) groups is 6. The van der Waals surface area contributed by atoms with Gasteiger partial charge in [-0.1, -0.05) is 42.5 Å². The number of hydrogen-bond donors (Lipinski definition) is 9. The number of rotatable bonds is 9. The van der Waals surface area contributed by atoms with E-state index in [2.05, 4.69) is 16.0 Å². The number of phenolic OH excluding ortho intramolecular Hbond substituents is 1. The molecule has 0 unspecified atom stereocenters. The minimum atomic E-state index is -2.93. The van der Waals surface area contributed by atoms with Crippen LogP contribution in [-0.4, -0.2) is 130 Å². The number of β-lactam (4-membered cyclic amide) rings is 1. The number of carbonyl (C=O) groups excluding carboxylic acids is 5. The van der Waals surface area contributed by atoms with Gasteiger partial charge in [0.1, 0.15) is 46.3 Å². The largest absolute Gasteiger partial charge is 0.508 e. The molecule has 2 aromatic carbocycles. The van der Waals surface area contributed by atoms with Gasteiger partial charge in [-0.05, 0) is 58.5 Å². The molecule has 17 nitrogen and oxygen atoms in total. The van der Waals surface area contributed by atoms with Crippen molar-refractivity contribution in [2.45, 2.75) is 72.7 Å². The van der Waals surface area contributed by atoms with Crippen molar-refractivity contribution >= 4 is 52.8 Å². The summed E-state index contributed by atoms with van der Waals surface area (Å²) < 4.78 is -0.825. The molecule has 3 fully saturated rings. The molecular weight excluding hydrogens is 763 g/mol. The van der Waals surface area contributed by atoms with E-state index >= 15 is 0 Å². The van der Waals surface area contributed by atoms with Crippen molar-refractivity contribution in [1.29, 1.82) is 0 Å². The van der Waals surface area contributed by atoms with E-state index in [0.29, 0.717) is 5.56 Å². The number of aliphatic hydroxyl groups is 4. The number of nitrogens with one attached hydrogen (secondary N) is 3. The van der Waals surface area contributed by atoms with Gasteiger partial charge < -0.3 is 46.2 Å². The molecule has 7 rings (SSSR count). The van der Waals surface area contributed by atoms with Crippen LogP contribution in [0.4, 0.5) is 0 Å². The number of nitrogens with zero attached hydrogens (tertiary/aromatic N) is 2. The maximum atomic E-state index is 14.4. The standard InChI is InChI=1S/C39H43N5O12S/c1-37(2)29(36(53)54)44-34(52)25(35(44)57-37)42-33(51)24(16-10-7-6-8-11-16)40-15-41-32(50)23-28(47)26(43(4)5)19-14-18-22(30(48)39(19,56)31(23)49)27(46)21-17(38(18,3)55)12-9-13-20(21)45/h6-13,18-19,24-26,29,35,40,45-46,49,55-56H,14-15H2,1-5H3,(H,41,50)(H,42,51)(H,53,54)/t18-,19-,24+,25+,26-,29-,35+,38+,39-/m0/s1. The molecular formula is C39H43N5O12S. The molecule has 0 radical (unpaired) electrons. The van der Waals surface area contributed by atoms with Crippen LogP contribution in [0.2, 0.25) is 0 Å². The van der Waals surface area contributed by atoms with E-state index in [1.165, 1.54) is 60.8 Å². The van der Waals surface area contributed by atoms with Crippen LogP contribution in [0.25, 0.3) is 5.76 Å². The second kappa shape index (κ2) is 13.7. The number of hydrogen-bond acceptors (Lipinski definition) is 14. The van der Waals surface area contributed by atoms with Gasteiger partial charge in [-0.2, -0.15) is 0 Å². The lowest BCUT2D eigenvalue weighted by atomic mass is 9.54. The van der Waals surface area contributed by atoms with Gasteiger partial charge in [0.25, 0.3) is 5.91 Å². The predicted octanol–water partition coefficient (Wildman–Crippen LogP) is 0.180. The molecule has 9 atom stereocenters.